The average Bonchev–Trinajstić information content (AvgIpc) is 3.05. The van der Waals surface area contributed by atoms with Crippen LogP contribution in [0.25, 0.3) is 0 Å². The van der Waals surface area contributed by atoms with E-state index in [1.54, 1.807) is 13.0 Å². The first kappa shape index (κ1) is 12.6. The summed E-state index contributed by atoms with van der Waals surface area (Å²) in [7, 11) is 0. The van der Waals surface area contributed by atoms with Crippen LogP contribution in [0.4, 0.5) is 5.82 Å². The van der Waals surface area contributed by atoms with Crippen LogP contribution in [0, 0.1) is 18.8 Å². The van der Waals surface area contributed by atoms with E-state index in [4.69, 9.17) is 4.52 Å². The van der Waals surface area contributed by atoms with Gasteiger partial charge in [0.05, 0.1) is 11.8 Å². The number of rotatable bonds is 5. The van der Waals surface area contributed by atoms with Crippen molar-refractivity contribution in [3.8, 4) is 0 Å². The Hall–Kier alpha value is -1.85. The van der Waals surface area contributed by atoms with Crippen molar-refractivity contribution in [1.82, 2.24) is 10.5 Å². The number of nitrogens with zero attached hydrogens (tertiary/aromatic N) is 1. The second kappa shape index (κ2) is 5.20. The predicted molar refractivity (Wildman–Crippen MR) is 64.8 cm³/mol. The van der Waals surface area contributed by atoms with Gasteiger partial charge in [0.25, 0.3) is 0 Å². The van der Waals surface area contributed by atoms with Crippen LogP contribution in [0.3, 0.4) is 0 Å². The van der Waals surface area contributed by atoms with Crippen molar-refractivity contribution in [1.29, 1.82) is 0 Å². The smallest absolute Gasteiger partial charge is 0.229 e. The Morgan fingerprint density at radius 1 is 1.44 bits per heavy atom. The summed E-state index contributed by atoms with van der Waals surface area (Å²) in [5.41, 5.74) is 0. The number of aryl methyl sites for hydroxylation is 1. The molecule has 0 radical (unpaired) electrons. The Balaban J connectivity index is 1.80. The summed E-state index contributed by atoms with van der Waals surface area (Å²) in [6, 6.07) is 1.65. The molecule has 0 spiro atoms. The molecule has 18 heavy (non-hydrogen) atoms. The van der Waals surface area contributed by atoms with E-state index < -0.39 is 0 Å². The second-order valence-electron chi connectivity index (χ2n) is 4.55. The summed E-state index contributed by atoms with van der Waals surface area (Å²) in [5, 5.41) is 9.11. The van der Waals surface area contributed by atoms with Crippen LogP contribution in [-0.2, 0) is 9.59 Å². The molecule has 2 rings (SSSR count). The van der Waals surface area contributed by atoms with Crippen molar-refractivity contribution in [2.75, 3.05) is 11.9 Å². The molecule has 1 heterocycles. The summed E-state index contributed by atoms with van der Waals surface area (Å²) in [6.07, 6.45) is 1.51. The highest BCUT2D eigenvalue weighted by Crippen LogP contribution is 2.39. The zero-order valence-electron chi connectivity index (χ0n) is 10.5. The maximum absolute atomic E-state index is 11.8. The molecule has 1 aromatic heterocycles. The molecule has 1 fully saturated rings. The van der Waals surface area contributed by atoms with Crippen LogP contribution in [0.1, 0.15) is 25.5 Å². The lowest BCUT2D eigenvalue weighted by Gasteiger charge is -2.02. The van der Waals surface area contributed by atoms with Crippen molar-refractivity contribution in [2.45, 2.75) is 26.7 Å². The third-order valence-corrected chi connectivity index (χ3v) is 2.89. The largest absolute Gasteiger partial charge is 0.360 e. The Morgan fingerprint density at radius 3 is 2.78 bits per heavy atom. The minimum absolute atomic E-state index is 0.0340. The lowest BCUT2D eigenvalue weighted by molar-refractivity contribution is -0.125. The number of carbonyl (C=O) groups excluding carboxylic acids is 2. The first-order chi connectivity index (χ1) is 8.61. The summed E-state index contributed by atoms with van der Waals surface area (Å²) in [6.45, 7) is 4.40. The summed E-state index contributed by atoms with van der Waals surface area (Å²) in [4.78, 5) is 23.4. The fourth-order valence-electron chi connectivity index (χ4n) is 1.80. The van der Waals surface area contributed by atoms with Gasteiger partial charge in [-0.2, -0.15) is 0 Å². The zero-order chi connectivity index (χ0) is 13.1. The molecule has 0 aliphatic heterocycles. The molecule has 2 atom stereocenters. The van der Waals surface area contributed by atoms with Crippen LogP contribution in [0.2, 0.25) is 0 Å². The van der Waals surface area contributed by atoms with E-state index in [0.717, 1.165) is 6.42 Å². The van der Waals surface area contributed by atoms with Crippen molar-refractivity contribution < 1.29 is 14.1 Å². The third kappa shape index (κ3) is 2.88. The normalized spacial score (nSPS) is 21.4. The molecule has 1 aliphatic carbocycles. The van der Waals surface area contributed by atoms with E-state index in [9.17, 15) is 9.59 Å². The first-order valence-electron chi connectivity index (χ1n) is 6.13. The van der Waals surface area contributed by atoms with Gasteiger partial charge in [0, 0.05) is 12.6 Å². The quantitative estimate of drug-likeness (QED) is 0.820. The molecular formula is C12H17N3O3. The lowest BCUT2D eigenvalue weighted by atomic mass is 10.2. The maximum Gasteiger partial charge on any atom is 0.229 e. The molecule has 0 bridgehead atoms. The van der Waals surface area contributed by atoms with E-state index in [0.29, 0.717) is 24.5 Å². The Kier molecular flexibility index (Phi) is 3.64. The molecule has 2 unspecified atom stereocenters. The second-order valence-corrected chi connectivity index (χ2v) is 4.55. The van der Waals surface area contributed by atoms with E-state index in [2.05, 4.69) is 15.8 Å². The van der Waals surface area contributed by atoms with Crippen molar-refractivity contribution in [3.05, 3.63) is 11.8 Å². The maximum atomic E-state index is 11.8. The van der Waals surface area contributed by atoms with Gasteiger partial charge in [-0.05, 0) is 19.8 Å². The van der Waals surface area contributed by atoms with Crippen molar-refractivity contribution in [3.63, 3.8) is 0 Å². The molecule has 98 valence electrons. The van der Waals surface area contributed by atoms with Gasteiger partial charge in [0.15, 0.2) is 5.82 Å². The van der Waals surface area contributed by atoms with Gasteiger partial charge in [-0.1, -0.05) is 12.1 Å². The third-order valence-electron chi connectivity index (χ3n) is 2.89. The standard InChI is InChI=1S/C12H17N3O3/c1-3-4-13-11(16)8-6-9(8)12(17)14-10-5-7(2)18-15-10/h5,8-9H,3-4,6H2,1-2H3,(H,13,16)(H,14,15,17). The molecule has 6 heteroatoms. The van der Waals surface area contributed by atoms with Crippen LogP contribution >= 0.6 is 0 Å². The van der Waals surface area contributed by atoms with Crippen LogP contribution in [0.5, 0.6) is 0 Å². The molecule has 1 saturated carbocycles. The highest BCUT2D eigenvalue weighted by Gasteiger charge is 2.48. The summed E-state index contributed by atoms with van der Waals surface area (Å²) in [5.74, 6) is 0.409. The molecular weight excluding hydrogens is 234 g/mol. The lowest BCUT2D eigenvalue weighted by Crippen LogP contribution is -2.28. The number of aromatic nitrogens is 1. The summed E-state index contributed by atoms with van der Waals surface area (Å²) >= 11 is 0. The highest BCUT2D eigenvalue weighted by atomic mass is 16.5. The van der Waals surface area contributed by atoms with Crippen LogP contribution < -0.4 is 10.6 Å². The van der Waals surface area contributed by atoms with E-state index in [-0.39, 0.29) is 23.7 Å². The number of amides is 2. The van der Waals surface area contributed by atoms with E-state index in [1.165, 1.54) is 0 Å². The van der Waals surface area contributed by atoms with Gasteiger partial charge in [-0.25, -0.2) is 0 Å². The van der Waals surface area contributed by atoms with Crippen molar-refractivity contribution >= 4 is 17.6 Å². The number of nitrogens with one attached hydrogen (secondary N) is 2. The monoisotopic (exact) mass is 251 g/mol. The average molecular weight is 251 g/mol. The van der Waals surface area contributed by atoms with Gasteiger partial charge < -0.3 is 15.2 Å². The Labute approximate surface area is 105 Å². The Bertz CT molecular complexity index is 455. The molecule has 0 aromatic carbocycles. The van der Waals surface area contributed by atoms with E-state index in [1.807, 2.05) is 6.92 Å². The van der Waals surface area contributed by atoms with Gasteiger partial charge in [0.2, 0.25) is 11.8 Å². The fourth-order valence-corrected chi connectivity index (χ4v) is 1.80. The number of hydrogen-bond acceptors (Lipinski definition) is 4. The summed E-state index contributed by atoms with van der Waals surface area (Å²) < 4.78 is 4.85. The minimum Gasteiger partial charge on any atom is -0.360 e. The number of anilines is 1. The molecule has 6 nitrogen and oxygen atoms in total. The van der Waals surface area contributed by atoms with Gasteiger partial charge >= 0.3 is 0 Å². The first-order valence-corrected chi connectivity index (χ1v) is 6.13. The molecule has 2 N–H and O–H groups in total. The van der Waals surface area contributed by atoms with Gasteiger partial charge in [0.1, 0.15) is 5.76 Å². The topological polar surface area (TPSA) is 84.2 Å². The molecule has 1 aromatic rings. The molecule has 1 aliphatic rings. The van der Waals surface area contributed by atoms with Crippen LogP contribution in [0.15, 0.2) is 10.6 Å². The molecule has 0 saturated heterocycles. The zero-order valence-corrected chi connectivity index (χ0v) is 10.5. The van der Waals surface area contributed by atoms with E-state index >= 15 is 0 Å². The SMILES string of the molecule is CCCNC(=O)C1CC1C(=O)Nc1cc(C)on1. The van der Waals surface area contributed by atoms with Crippen molar-refractivity contribution in [2.24, 2.45) is 11.8 Å². The van der Waals surface area contributed by atoms with Crippen LogP contribution in [-0.4, -0.2) is 23.5 Å². The fraction of sp³-hybridized carbons (Fsp3) is 0.583. The predicted octanol–water partition coefficient (Wildman–Crippen LogP) is 1.08. The Morgan fingerprint density at radius 2 is 2.17 bits per heavy atom. The molecule has 2 amide bonds. The van der Waals surface area contributed by atoms with Gasteiger partial charge in [-0.3, -0.25) is 9.59 Å². The highest BCUT2D eigenvalue weighted by molar-refractivity contribution is 5.98. The number of hydrogen-bond donors (Lipinski definition) is 2. The number of carbonyl (C=O) groups is 2. The van der Waals surface area contributed by atoms with Gasteiger partial charge in [-0.15, -0.1) is 0 Å². The minimum atomic E-state index is -0.237.